The molecule has 0 spiro atoms. The molecule has 1 unspecified atom stereocenters. The third-order valence-electron chi connectivity index (χ3n) is 8.52. The first-order valence-electron chi connectivity index (χ1n) is 15.3. The zero-order chi connectivity index (χ0) is 28.4. The summed E-state index contributed by atoms with van der Waals surface area (Å²) < 4.78 is 5.77. The first kappa shape index (κ1) is 29.4. The second-order valence-electron chi connectivity index (χ2n) is 11.5. The summed E-state index contributed by atoms with van der Waals surface area (Å²) in [5, 5.41) is 12.8. The Morgan fingerprint density at radius 1 is 0.805 bits per heavy atom. The van der Waals surface area contributed by atoms with Gasteiger partial charge in [0.15, 0.2) is 0 Å². The number of rotatable bonds is 11. The number of carbonyl (C=O) groups excluding carboxylic acids is 2. The summed E-state index contributed by atoms with van der Waals surface area (Å²) in [6, 6.07) is 18.0. The predicted octanol–water partition coefficient (Wildman–Crippen LogP) is 4.34. The van der Waals surface area contributed by atoms with Gasteiger partial charge in [-0.3, -0.25) is 5.32 Å². The van der Waals surface area contributed by atoms with Gasteiger partial charge in [-0.05, 0) is 69.8 Å². The first-order valence-corrected chi connectivity index (χ1v) is 15.3. The van der Waals surface area contributed by atoms with Gasteiger partial charge in [0.1, 0.15) is 6.10 Å². The maximum Gasteiger partial charge on any atom is 0.411 e. The van der Waals surface area contributed by atoms with Gasteiger partial charge in [-0.25, -0.2) is 9.59 Å². The molecule has 2 aromatic carbocycles. The Balaban J connectivity index is 0.960. The molecule has 222 valence electrons. The van der Waals surface area contributed by atoms with Crippen LogP contribution in [-0.4, -0.2) is 114 Å². The lowest BCUT2D eigenvalue weighted by molar-refractivity contribution is 0.0581. The molecule has 2 N–H and O–H groups in total. The summed E-state index contributed by atoms with van der Waals surface area (Å²) >= 11 is 0. The summed E-state index contributed by atoms with van der Waals surface area (Å²) in [6.07, 6.45) is 4.82. The Bertz CT molecular complexity index is 1120. The standard InChI is InChI=1S/C32H45N5O4/c38-27-11-6-16-35(25-27)18-8-20-37-24-23-36(32(37)40)19-7-17-34-21-14-28(15-22-34)41-31(39)33-30-13-5-4-12-29(30)26-9-2-1-3-10-26/h1-5,9-10,12-13,27-28,38H,6-8,11,14-25H2,(H,33,39). The fourth-order valence-corrected chi connectivity index (χ4v) is 6.26. The lowest BCUT2D eigenvalue weighted by Gasteiger charge is -2.32. The van der Waals surface area contributed by atoms with Crippen molar-refractivity contribution in [2.24, 2.45) is 0 Å². The van der Waals surface area contributed by atoms with Crippen molar-refractivity contribution in [2.75, 3.05) is 70.8 Å². The third-order valence-corrected chi connectivity index (χ3v) is 8.52. The molecule has 9 heteroatoms. The number of nitrogens with zero attached hydrogens (tertiary/aromatic N) is 4. The second kappa shape index (κ2) is 14.7. The molecule has 3 amide bonds. The minimum absolute atomic E-state index is 0.0861. The van der Waals surface area contributed by atoms with Crippen molar-refractivity contribution in [2.45, 2.75) is 50.7 Å². The SMILES string of the molecule is O=C(Nc1ccccc1-c1ccccc1)OC1CCN(CCCN2CCN(CCCN3CCCC(O)C3)C2=O)CC1. The largest absolute Gasteiger partial charge is 0.446 e. The highest BCUT2D eigenvalue weighted by Gasteiger charge is 2.28. The van der Waals surface area contributed by atoms with Crippen molar-refractivity contribution >= 4 is 17.8 Å². The molecule has 0 aliphatic carbocycles. The van der Waals surface area contributed by atoms with Crippen LogP contribution in [0.15, 0.2) is 54.6 Å². The molecular weight excluding hydrogens is 518 g/mol. The molecule has 0 radical (unpaired) electrons. The summed E-state index contributed by atoms with van der Waals surface area (Å²) in [7, 11) is 0. The predicted molar refractivity (Wildman–Crippen MR) is 161 cm³/mol. The number of likely N-dealkylation sites (tertiary alicyclic amines) is 2. The van der Waals surface area contributed by atoms with Gasteiger partial charge in [0.2, 0.25) is 0 Å². The number of β-amino-alcohol motifs (C(OH)–C–C–N with tert-alkyl or cyclic N) is 1. The molecule has 9 nitrogen and oxygen atoms in total. The van der Waals surface area contributed by atoms with Crippen molar-refractivity contribution in [1.29, 1.82) is 0 Å². The summed E-state index contributed by atoms with van der Waals surface area (Å²) in [4.78, 5) is 34.2. The molecule has 1 atom stereocenters. The number of para-hydroxylation sites is 1. The lowest BCUT2D eigenvalue weighted by atomic mass is 10.0. The van der Waals surface area contributed by atoms with Crippen LogP contribution in [0.2, 0.25) is 0 Å². The van der Waals surface area contributed by atoms with E-state index in [4.69, 9.17) is 4.74 Å². The quantitative estimate of drug-likeness (QED) is 0.423. The van der Waals surface area contributed by atoms with E-state index in [1.54, 1.807) is 0 Å². The van der Waals surface area contributed by atoms with E-state index >= 15 is 0 Å². The van der Waals surface area contributed by atoms with Gasteiger partial charge in [0.05, 0.1) is 11.8 Å². The highest BCUT2D eigenvalue weighted by atomic mass is 16.6. The van der Waals surface area contributed by atoms with E-state index in [0.717, 1.165) is 121 Å². The number of amides is 3. The van der Waals surface area contributed by atoms with Gasteiger partial charge in [-0.2, -0.15) is 0 Å². The van der Waals surface area contributed by atoms with Crippen molar-refractivity contribution in [3.05, 3.63) is 54.6 Å². The van der Waals surface area contributed by atoms with E-state index in [9.17, 15) is 14.7 Å². The van der Waals surface area contributed by atoms with Crippen LogP contribution in [0.4, 0.5) is 15.3 Å². The number of hydrogen-bond acceptors (Lipinski definition) is 6. The molecule has 3 saturated heterocycles. The normalized spacial score (nSPS) is 20.9. The number of anilines is 1. The number of aliphatic hydroxyl groups excluding tert-OH is 1. The first-order chi connectivity index (χ1) is 20.0. The monoisotopic (exact) mass is 563 g/mol. The van der Waals surface area contributed by atoms with Crippen LogP contribution in [-0.2, 0) is 4.74 Å². The average molecular weight is 564 g/mol. The topological polar surface area (TPSA) is 88.6 Å². The Labute approximate surface area is 244 Å². The number of ether oxygens (including phenoxy) is 1. The number of urea groups is 1. The third kappa shape index (κ3) is 8.44. The van der Waals surface area contributed by atoms with Crippen LogP contribution < -0.4 is 5.32 Å². The molecule has 0 bridgehead atoms. The fraction of sp³-hybridized carbons (Fsp3) is 0.562. The molecular formula is C32H45N5O4. The van der Waals surface area contributed by atoms with Crippen LogP contribution in [0.5, 0.6) is 0 Å². The Morgan fingerprint density at radius 2 is 1.46 bits per heavy atom. The molecule has 0 aromatic heterocycles. The zero-order valence-corrected chi connectivity index (χ0v) is 24.1. The number of hydrogen-bond donors (Lipinski definition) is 2. The van der Waals surface area contributed by atoms with Gasteiger partial charge in [0.25, 0.3) is 0 Å². The van der Waals surface area contributed by atoms with E-state index < -0.39 is 6.09 Å². The smallest absolute Gasteiger partial charge is 0.411 e. The highest BCUT2D eigenvalue weighted by Crippen LogP contribution is 2.28. The minimum atomic E-state index is -0.405. The molecule has 3 aliphatic rings. The van der Waals surface area contributed by atoms with Crippen molar-refractivity contribution < 1.29 is 19.4 Å². The molecule has 2 aromatic rings. The summed E-state index contributed by atoms with van der Waals surface area (Å²) in [6.45, 7) is 8.69. The molecule has 0 saturated carbocycles. The van der Waals surface area contributed by atoms with Gasteiger partial charge < -0.3 is 29.4 Å². The molecule has 3 aliphatic heterocycles. The molecule has 41 heavy (non-hydrogen) atoms. The number of carbonyl (C=O) groups is 2. The highest BCUT2D eigenvalue weighted by molar-refractivity contribution is 5.91. The molecule has 3 fully saturated rings. The van der Waals surface area contributed by atoms with Gasteiger partial charge >= 0.3 is 12.1 Å². The Kier molecular flexibility index (Phi) is 10.5. The van der Waals surface area contributed by atoms with Crippen molar-refractivity contribution in [3.63, 3.8) is 0 Å². The minimum Gasteiger partial charge on any atom is -0.446 e. The maximum atomic E-state index is 12.8. The van der Waals surface area contributed by atoms with Crippen LogP contribution in [0.25, 0.3) is 11.1 Å². The molecule has 3 heterocycles. The number of aliphatic hydroxyl groups is 1. The molecule has 5 rings (SSSR count). The average Bonchev–Trinajstić information content (AvgIpc) is 3.33. The van der Waals surface area contributed by atoms with Gasteiger partial charge in [0, 0.05) is 51.4 Å². The van der Waals surface area contributed by atoms with Crippen molar-refractivity contribution in [1.82, 2.24) is 19.6 Å². The van der Waals surface area contributed by atoms with Crippen LogP contribution >= 0.6 is 0 Å². The van der Waals surface area contributed by atoms with E-state index in [-0.39, 0.29) is 18.2 Å². The van der Waals surface area contributed by atoms with Crippen LogP contribution in [0.1, 0.15) is 38.5 Å². The van der Waals surface area contributed by atoms with Crippen LogP contribution in [0, 0.1) is 0 Å². The fourth-order valence-electron chi connectivity index (χ4n) is 6.26. The number of nitrogens with one attached hydrogen (secondary N) is 1. The van der Waals surface area contributed by atoms with E-state index in [0.29, 0.717) is 0 Å². The number of benzene rings is 2. The van der Waals surface area contributed by atoms with Crippen molar-refractivity contribution in [3.8, 4) is 11.1 Å². The Morgan fingerprint density at radius 3 is 2.17 bits per heavy atom. The maximum absolute atomic E-state index is 12.8. The van der Waals surface area contributed by atoms with Crippen LogP contribution in [0.3, 0.4) is 0 Å². The van der Waals surface area contributed by atoms with E-state index in [1.807, 2.05) is 64.4 Å². The second-order valence-corrected chi connectivity index (χ2v) is 11.5. The van der Waals surface area contributed by atoms with E-state index in [1.165, 1.54) is 0 Å². The van der Waals surface area contributed by atoms with Gasteiger partial charge in [-0.15, -0.1) is 0 Å². The summed E-state index contributed by atoms with van der Waals surface area (Å²) in [5.41, 5.74) is 2.77. The van der Waals surface area contributed by atoms with Gasteiger partial charge in [-0.1, -0.05) is 48.5 Å². The zero-order valence-electron chi connectivity index (χ0n) is 24.1. The van der Waals surface area contributed by atoms with E-state index in [2.05, 4.69) is 15.1 Å². The lowest BCUT2D eigenvalue weighted by Crippen LogP contribution is -2.41. The Hall–Kier alpha value is -3.14. The number of piperidine rings is 2. The summed E-state index contributed by atoms with van der Waals surface area (Å²) in [5.74, 6) is 0.